The number of piperazine rings is 1. The monoisotopic (exact) mass is 294 g/mol. The van der Waals surface area contributed by atoms with Gasteiger partial charge in [0.15, 0.2) is 0 Å². The Morgan fingerprint density at radius 2 is 1.95 bits per heavy atom. The van der Waals surface area contributed by atoms with Crippen LogP contribution in [0.5, 0.6) is 0 Å². The molecule has 21 heavy (non-hydrogen) atoms. The molecule has 3 heteroatoms. The molecule has 4 atom stereocenters. The molecule has 3 rings (SSSR count). The molecule has 0 aromatic heterocycles. The zero-order valence-corrected chi connectivity index (χ0v) is 14.5. The third-order valence-corrected chi connectivity index (χ3v) is 6.68. The summed E-state index contributed by atoms with van der Waals surface area (Å²) in [6.07, 6.45) is 9.72. The molecule has 0 radical (unpaired) electrons. The lowest BCUT2D eigenvalue weighted by atomic mass is 9.80. The summed E-state index contributed by atoms with van der Waals surface area (Å²) in [6, 6.07) is 0.717. The average molecular weight is 294 g/mol. The van der Waals surface area contributed by atoms with Gasteiger partial charge in [0, 0.05) is 37.3 Å². The van der Waals surface area contributed by atoms with Crippen molar-refractivity contribution in [2.24, 2.45) is 5.92 Å². The van der Waals surface area contributed by atoms with Crippen LogP contribution in [0.25, 0.3) is 0 Å². The molecule has 0 amide bonds. The lowest BCUT2D eigenvalue weighted by Gasteiger charge is -2.56. The minimum atomic E-state index is 0.314. The molecule has 122 valence electrons. The molecule has 1 heterocycles. The molecular weight excluding hydrogens is 260 g/mol. The molecule has 2 aliphatic carbocycles. The van der Waals surface area contributed by atoms with Crippen LogP contribution in [0.2, 0.25) is 0 Å². The van der Waals surface area contributed by atoms with Crippen LogP contribution in [0, 0.1) is 5.92 Å². The third kappa shape index (κ3) is 3.02. The quantitative estimate of drug-likeness (QED) is 0.862. The molecule has 0 bridgehead atoms. The fourth-order valence-corrected chi connectivity index (χ4v) is 4.60. The van der Waals surface area contributed by atoms with Gasteiger partial charge in [0.1, 0.15) is 0 Å². The van der Waals surface area contributed by atoms with Crippen LogP contribution in [0.4, 0.5) is 0 Å². The van der Waals surface area contributed by atoms with Crippen molar-refractivity contribution < 1.29 is 4.74 Å². The fourth-order valence-electron chi connectivity index (χ4n) is 4.60. The Hall–Kier alpha value is -0.120. The summed E-state index contributed by atoms with van der Waals surface area (Å²) in [7, 11) is 1.89. The van der Waals surface area contributed by atoms with E-state index in [1.807, 2.05) is 7.11 Å². The van der Waals surface area contributed by atoms with Gasteiger partial charge in [0.05, 0.1) is 6.10 Å². The van der Waals surface area contributed by atoms with Crippen molar-refractivity contribution in [1.82, 2.24) is 10.2 Å². The Morgan fingerprint density at radius 3 is 2.57 bits per heavy atom. The molecule has 3 nitrogen and oxygen atoms in total. The Labute approximate surface area is 130 Å². The maximum atomic E-state index is 5.68. The second-order valence-corrected chi connectivity index (χ2v) is 8.20. The smallest absolute Gasteiger partial charge is 0.0586 e. The number of hydrogen-bond acceptors (Lipinski definition) is 3. The van der Waals surface area contributed by atoms with E-state index in [9.17, 15) is 0 Å². The SMILES string of the molecule is CCC1(C)CNC(C)(C2CC2)CN1C1CCCC(OC)C1. The van der Waals surface area contributed by atoms with Gasteiger partial charge in [-0.25, -0.2) is 0 Å². The Bertz CT molecular complexity index is 370. The van der Waals surface area contributed by atoms with Gasteiger partial charge in [-0.1, -0.05) is 6.92 Å². The Kier molecular flexibility index (Phi) is 4.37. The van der Waals surface area contributed by atoms with E-state index < -0.39 is 0 Å². The molecule has 3 aliphatic rings. The van der Waals surface area contributed by atoms with Crippen LogP contribution >= 0.6 is 0 Å². The largest absolute Gasteiger partial charge is 0.381 e. The second-order valence-electron chi connectivity index (χ2n) is 8.20. The van der Waals surface area contributed by atoms with Crippen LogP contribution in [-0.2, 0) is 4.74 Å². The van der Waals surface area contributed by atoms with E-state index >= 15 is 0 Å². The van der Waals surface area contributed by atoms with Gasteiger partial charge in [0.2, 0.25) is 0 Å². The maximum Gasteiger partial charge on any atom is 0.0586 e. The zero-order valence-electron chi connectivity index (χ0n) is 14.5. The van der Waals surface area contributed by atoms with E-state index in [0.717, 1.165) is 12.5 Å². The van der Waals surface area contributed by atoms with Crippen molar-refractivity contribution in [3.05, 3.63) is 0 Å². The molecule has 0 aromatic rings. The van der Waals surface area contributed by atoms with Crippen molar-refractivity contribution in [1.29, 1.82) is 0 Å². The minimum Gasteiger partial charge on any atom is -0.381 e. The van der Waals surface area contributed by atoms with E-state index in [4.69, 9.17) is 4.74 Å². The van der Waals surface area contributed by atoms with Crippen molar-refractivity contribution in [2.75, 3.05) is 20.2 Å². The first-order valence-corrected chi connectivity index (χ1v) is 9.05. The normalized spacial score (nSPS) is 45.7. The topological polar surface area (TPSA) is 24.5 Å². The highest BCUT2D eigenvalue weighted by molar-refractivity contribution is 5.09. The van der Waals surface area contributed by atoms with Crippen molar-refractivity contribution in [2.45, 2.75) is 88.9 Å². The van der Waals surface area contributed by atoms with Gasteiger partial charge in [0.25, 0.3) is 0 Å². The van der Waals surface area contributed by atoms with E-state index in [1.54, 1.807) is 0 Å². The number of ether oxygens (including phenoxy) is 1. The molecule has 1 aliphatic heterocycles. The second kappa shape index (κ2) is 5.82. The molecule has 0 aromatic carbocycles. The summed E-state index contributed by atoms with van der Waals surface area (Å²) in [5.74, 6) is 0.906. The first kappa shape index (κ1) is 15.8. The highest BCUT2D eigenvalue weighted by Crippen LogP contribution is 2.44. The van der Waals surface area contributed by atoms with Gasteiger partial charge < -0.3 is 10.1 Å². The number of rotatable bonds is 4. The summed E-state index contributed by atoms with van der Waals surface area (Å²) in [5.41, 5.74) is 0.656. The highest BCUT2D eigenvalue weighted by atomic mass is 16.5. The Balaban J connectivity index is 1.77. The zero-order chi connectivity index (χ0) is 15.1. The Morgan fingerprint density at radius 1 is 1.19 bits per heavy atom. The molecule has 1 saturated heterocycles. The van der Waals surface area contributed by atoms with Gasteiger partial charge in [-0.2, -0.15) is 0 Å². The van der Waals surface area contributed by atoms with Gasteiger partial charge in [-0.15, -0.1) is 0 Å². The summed E-state index contributed by atoms with van der Waals surface area (Å²) in [4.78, 5) is 2.87. The number of methoxy groups -OCH3 is 1. The molecule has 4 unspecified atom stereocenters. The highest BCUT2D eigenvalue weighted by Gasteiger charge is 2.50. The molecule has 2 saturated carbocycles. The number of nitrogens with zero attached hydrogens (tertiary/aromatic N) is 1. The lowest BCUT2D eigenvalue weighted by Crippen LogP contribution is -2.71. The predicted molar refractivity (Wildman–Crippen MR) is 87.6 cm³/mol. The molecule has 3 fully saturated rings. The molecular formula is C18H34N2O. The fraction of sp³-hybridized carbons (Fsp3) is 1.00. The first-order valence-electron chi connectivity index (χ1n) is 9.05. The van der Waals surface area contributed by atoms with E-state index in [2.05, 4.69) is 31.0 Å². The van der Waals surface area contributed by atoms with Crippen molar-refractivity contribution in [3.63, 3.8) is 0 Å². The first-order chi connectivity index (χ1) is 10.0. The summed E-state index contributed by atoms with van der Waals surface area (Å²) in [6.45, 7) is 9.64. The van der Waals surface area contributed by atoms with E-state index in [0.29, 0.717) is 23.2 Å². The van der Waals surface area contributed by atoms with Gasteiger partial charge in [-0.05, 0) is 64.7 Å². The van der Waals surface area contributed by atoms with Crippen LogP contribution in [0.15, 0.2) is 0 Å². The average Bonchev–Trinajstić information content (AvgIpc) is 3.35. The van der Waals surface area contributed by atoms with Gasteiger partial charge >= 0.3 is 0 Å². The summed E-state index contributed by atoms with van der Waals surface area (Å²) in [5, 5.41) is 3.92. The predicted octanol–water partition coefficient (Wildman–Crippen LogP) is 3.19. The van der Waals surface area contributed by atoms with Gasteiger partial charge in [-0.3, -0.25) is 4.90 Å². The van der Waals surface area contributed by atoms with Crippen LogP contribution in [0.1, 0.15) is 65.7 Å². The van der Waals surface area contributed by atoms with Crippen LogP contribution in [-0.4, -0.2) is 48.3 Å². The van der Waals surface area contributed by atoms with Crippen LogP contribution < -0.4 is 5.32 Å². The molecule has 0 spiro atoms. The minimum absolute atomic E-state index is 0.314. The standard InChI is InChI=1S/C18H34N2O/c1-5-17(2)12-19-18(3,14-9-10-14)13-20(17)15-7-6-8-16(11-15)21-4/h14-16,19H,5-13H2,1-4H3. The number of nitrogens with one attached hydrogen (secondary N) is 1. The van der Waals surface area contributed by atoms with Crippen molar-refractivity contribution in [3.8, 4) is 0 Å². The van der Waals surface area contributed by atoms with E-state index in [-0.39, 0.29) is 0 Å². The summed E-state index contributed by atoms with van der Waals surface area (Å²) >= 11 is 0. The van der Waals surface area contributed by atoms with Crippen LogP contribution in [0.3, 0.4) is 0 Å². The lowest BCUT2D eigenvalue weighted by molar-refractivity contribution is -0.0549. The number of hydrogen-bond donors (Lipinski definition) is 1. The summed E-state index contributed by atoms with van der Waals surface area (Å²) < 4.78 is 5.68. The maximum absolute atomic E-state index is 5.68. The van der Waals surface area contributed by atoms with Crippen molar-refractivity contribution >= 4 is 0 Å². The third-order valence-electron chi connectivity index (χ3n) is 6.68. The molecule has 1 N–H and O–H groups in total. The van der Waals surface area contributed by atoms with E-state index in [1.165, 1.54) is 51.5 Å².